The SMILES string of the molecule is O=S(=O)=CC1CCNC1. The van der Waals surface area contributed by atoms with Gasteiger partial charge in [0, 0.05) is 17.8 Å². The summed E-state index contributed by atoms with van der Waals surface area (Å²) in [5.74, 6) is 0.239. The van der Waals surface area contributed by atoms with Gasteiger partial charge in [-0.15, -0.1) is 0 Å². The molecule has 1 heterocycles. The topological polar surface area (TPSA) is 46.2 Å². The molecule has 1 atom stereocenters. The van der Waals surface area contributed by atoms with E-state index in [0.717, 1.165) is 19.5 Å². The van der Waals surface area contributed by atoms with Crippen LogP contribution >= 0.6 is 0 Å². The highest BCUT2D eigenvalue weighted by molar-refractivity contribution is 7.71. The van der Waals surface area contributed by atoms with Crippen molar-refractivity contribution in [3.63, 3.8) is 0 Å². The highest BCUT2D eigenvalue weighted by atomic mass is 32.2. The van der Waals surface area contributed by atoms with Gasteiger partial charge in [-0.1, -0.05) is 0 Å². The Bertz CT molecular complexity index is 193. The number of nitrogens with one attached hydrogen (secondary N) is 1. The van der Waals surface area contributed by atoms with Crippen LogP contribution in [0.25, 0.3) is 0 Å². The van der Waals surface area contributed by atoms with E-state index in [1.165, 1.54) is 5.37 Å². The fraction of sp³-hybridized carbons (Fsp3) is 0.800. The molecule has 0 aromatic rings. The van der Waals surface area contributed by atoms with E-state index in [2.05, 4.69) is 5.32 Å². The fourth-order valence-corrected chi connectivity index (χ4v) is 1.50. The monoisotopic (exact) mass is 147 g/mol. The molecule has 4 heteroatoms. The van der Waals surface area contributed by atoms with E-state index in [9.17, 15) is 8.42 Å². The second-order valence-electron chi connectivity index (χ2n) is 2.15. The fourth-order valence-electron chi connectivity index (χ4n) is 0.950. The molecule has 0 aromatic heterocycles. The molecule has 0 bridgehead atoms. The standard InChI is InChI=1S/C5H9NO2S/c7-9(8)4-5-1-2-6-3-5/h4-6H,1-3H2. The summed E-state index contributed by atoms with van der Waals surface area (Å²) in [7, 11) is -1.97. The Morgan fingerprint density at radius 1 is 1.56 bits per heavy atom. The molecule has 9 heavy (non-hydrogen) atoms. The van der Waals surface area contributed by atoms with Crippen LogP contribution in [-0.2, 0) is 10.3 Å². The first-order valence-electron chi connectivity index (χ1n) is 2.93. The van der Waals surface area contributed by atoms with Crippen molar-refractivity contribution in [2.75, 3.05) is 13.1 Å². The van der Waals surface area contributed by atoms with Crippen LogP contribution in [0.3, 0.4) is 0 Å². The average molecular weight is 147 g/mol. The lowest BCUT2D eigenvalue weighted by Gasteiger charge is -1.91. The van der Waals surface area contributed by atoms with E-state index in [4.69, 9.17) is 0 Å². The third-order valence-electron chi connectivity index (χ3n) is 1.40. The summed E-state index contributed by atoms with van der Waals surface area (Å²) in [5, 5.41) is 4.43. The maximum absolute atomic E-state index is 10.1. The highest BCUT2D eigenvalue weighted by Crippen LogP contribution is 2.02. The van der Waals surface area contributed by atoms with Crippen molar-refractivity contribution in [3.8, 4) is 0 Å². The second-order valence-corrected chi connectivity index (χ2v) is 2.94. The Morgan fingerprint density at radius 3 is 2.78 bits per heavy atom. The van der Waals surface area contributed by atoms with Crippen LogP contribution < -0.4 is 5.32 Å². The molecule has 0 saturated carbocycles. The van der Waals surface area contributed by atoms with Crippen LogP contribution in [0, 0.1) is 5.92 Å². The summed E-state index contributed by atoms with van der Waals surface area (Å²) in [4.78, 5) is 0. The molecule has 1 fully saturated rings. The largest absolute Gasteiger partial charge is 0.316 e. The zero-order valence-corrected chi connectivity index (χ0v) is 5.82. The maximum Gasteiger partial charge on any atom is 0.210 e. The van der Waals surface area contributed by atoms with Gasteiger partial charge in [0.15, 0.2) is 0 Å². The number of hydrogen-bond acceptors (Lipinski definition) is 3. The first-order chi connectivity index (χ1) is 4.29. The minimum absolute atomic E-state index is 0.239. The summed E-state index contributed by atoms with van der Waals surface area (Å²) in [6.07, 6.45) is 0.952. The van der Waals surface area contributed by atoms with Gasteiger partial charge in [0.05, 0.1) is 0 Å². The van der Waals surface area contributed by atoms with Gasteiger partial charge in [0.1, 0.15) is 0 Å². The van der Waals surface area contributed by atoms with Gasteiger partial charge in [-0.2, -0.15) is 8.42 Å². The lowest BCUT2D eigenvalue weighted by Crippen LogP contribution is -2.09. The van der Waals surface area contributed by atoms with Crippen LogP contribution in [0.4, 0.5) is 0 Å². The minimum Gasteiger partial charge on any atom is -0.316 e. The molecular formula is C5H9NO2S. The van der Waals surface area contributed by atoms with Crippen LogP contribution in [0.2, 0.25) is 0 Å². The number of rotatable bonds is 1. The highest BCUT2D eigenvalue weighted by Gasteiger charge is 2.11. The van der Waals surface area contributed by atoms with Crippen LogP contribution in [0.5, 0.6) is 0 Å². The smallest absolute Gasteiger partial charge is 0.210 e. The third kappa shape index (κ3) is 2.15. The van der Waals surface area contributed by atoms with Crippen LogP contribution in [-0.4, -0.2) is 26.9 Å². The van der Waals surface area contributed by atoms with E-state index in [0.29, 0.717) is 0 Å². The van der Waals surface area contributed by atoms with Crippen LogP contribution in [0.1, 0.15) is 6.42 Å². The molecule has 1 aliphatic heterocycles. The summed E-state index contributed by atoms with van der Waals surface area (Å²) in [6, 6.07) is 0. The van der Waals surface area contributed by atoms with Crippen molar-refractivity contribution in [1.29, 1.82) is 0 Å². The Kier molecular flexibility index (Phi) is 2.24. The zero-order chi connectivity index (χ0) is 6.69. The predicted molar refractivity (Wildman–Crippen MR) is 36.0 cm³/mol. The molecule has 3 nitrogen and oxygen atoms in total. The molecule has 0 amide bonds. The van der Waals surface area contributed by atoms with Crippen molar-refractivity contribution in [3.05, 3.63) is 0 Å². The summed E-state index contributed by atoms with van der Waals surface area (Å²) < 4.78 is 20.1. The molecule has 1 N–H and O–H groups in total. The van der Waals surface area contributed by atoms with Gasteiger partial charge in [0.2, 0.25) is 10.3 Å². The van der Waals surface area contributed by atoms with Gasteiger partial charge in [-0.25, -0.2) is 0 Å². The summed E-state index contributed by atoms with van der Waals surface area (Å²) >= 11 is 0. The van der Waals surface area contributed by atoms with E-state index in [1.54, 1.807) is 0 Å². The number of hydrogen-bond donors (Lipinski definition) is 1. The van der Waals surface area contributed by atoms with Gasteiger partial charge in [-0.05, 0) is 13.0 Å². The van der Waals surface area contributed by atoms with E-state index >= 15 is 0 Å². The third-order valence-corrected chi connectivity index (χ3v) is 2.01. The van der Waals surface area contributed by atoms with Gasteiger partial charge < -0.3 is 5.32 Å². The Morgan fingerprint density at radius 2 is 2.33 bits per heavy atom. The van der Waals surface area contributed by atoms with Gasteiger partial charge in [0.25, 0.3) is 0 Å². The Labute approximate surface area is 55.6 Å². The summed E-state index contributed by atoms with van der Waals surface area (Å²) in [6.45, 7) is 1.76. The molecule has 0 radical (unpaired) electrons. The zero-order valence-electron chi connectivity index (χ0n) is 5.00. The quantitative estimate of drug-likeness (QED) is 0.498. The molecular weight excluding hydrogens is 138 g/mol. The predicted octanol–water partition coefficient (Wildman–Crippen LogP) is -0.723. The van der Waals surface area contributed by atoms with Gasteiger partial charge in [-0.3, -0.25) is 0 Å². The molecule has 1 aliphatic rings. The van der Waals surface area contributed by atoms with Gasteiger partial charge >= 0.3 is 0 Å². The van der Waals surface area contributed by atoms with Crippen molar-refractivity contribution in [1.82, 2.24) is 5.32 Å². The second kappa shape index (κ2) is 2.98. The molecule has 1 unspecified atom stereocenters. The van der Waals surface area contributed by atoms with Crippen LogP contribution in [0.15, 0.2) is 0 Å². The van der Waals surface area contributed by atoms with E-state index < -0.39 is 10.3 Å². The maximum atomic E-state index is 10.1. The van der Waals surface area contributed by atoms with Crippen molar-refractivity contribution in [2.24, 2.45) is 5.92 Å². The first-order valence-corrected chi connectivity index (χ1v) is 4.06. The Balaban J connectivity index is 2.54. The molecule has 0 aromatic carbocycles. The summed E-state index contributed by atoms with van der Waals surface area (Å²) in [5.41, 5.74) is 0. The minimum atomic E-state index is -1.97. The average Bonchev–Trinajstić information content (AvgIpc) is 2.15. The first kappa shape index (κ1) is 6.77. The molecule has 1 saturated heterocycles. The Hall–Kier alpha value is -0.350. The lowest BCUT2D eigenvalue weighted by atomic mass is 10.2. The normalized spacial score (nSPS) is 26.0. The van der Waals surface area contributed by atoms with E-state index in [-0.39, 0.29) is 5.92 Å². The van der Waals surface area contributed by atoms with Crippen molar-refractivity contribution >= 4 is 15.7 Å². The lowest BCUT2D eigenvalue weighted by molar-refractivity contribution is 0.626. The van der Waals surface area contributed by atoms with E-state index in [1.807, 2.05) is 0 Å². The molecule has 1 rings (SSSR count). The molecule has 0 spiro atoms. The molecule has 52 valence electrons. The molecule has 0 aliphatic carbocycles. The van der Waals surface area contributed by atoms with Crippen molar-refractivity contribution < 1.29 is 8.42 Å². The van der Waals surface area contributed by atoms with Crippen molar-refractivity contribution in [2.45, 2.75) is 6.42 Å².